The van der Waals surface area contributed by atoms with Gasteiger partial charge in [0.15, 0.2) is 0 Å². The molecular weight excluding hydrogens is 369 g/mol. The van der Waals surface area contributed by atoms with Crippen molar-refractivity contribution in [1.82, 2.24) is 10.2 Å². The van der Waals surface area contributed by atoms with Crippen LogP contribution in [0.25, 0.3) is 0 Å². The molecule has 0 unspecified atom stereocenters. The standard InChI is InChI=1S/C20H21ClFN3O2/c1-25(2)17(19-14(21)4-3-5-15(19)22)11-23-20(27)13-6-8-16-12(10-13)7-9-18(26)24-16/h3-6,8,10,17H,7,9,11H2,1-2H3,(H,23,27)(H,24,26)/t17-/m1/s1. The maximum Gasteiger partial charge on any atom is 0.251 e. The summed E-state index contributed by atoms with van der Waals surface area (Å²) in [5.74, 6) is -0.677. The summed E-state index contributed by atoms with van der Waals surface area (Å²) in [5.41, 5.74) is 2.54. The van der Waals surface area contributed by atoms with Crippen molar-refractivity contribution in [2.24, 2.45) is 0 Å². The lowest BCUT2D eigenvalue weighted by molar-refractivity contribution is -0.116. The number of carbonyl (C=O) groups is 2. The van der Waals surface area contributed by atoms with E-state index in [-0.39, 0.29) is 18.4 Å². The van der Waals surface area contributed by atoms with E-state index in [0.29, 0.717) is 29.0 Å². The van der Waals surface area contributed by atoms with Crippen LogP contribution in [0.2, 0.25) is 5.02 Å². The smallest absolute Gasteiger partial charge is 0.251 e. The number of likely N-dealkylation sites (N-methyl/N-ethyl adjacent to an activating group) is 1. The topological polar surface area (TPSA) is 61.4 Å². The zero-order chi connectivity index (χ0) is 19.6. The minimum absolute atomic E-state index is 0.0182. The van der Waals surface area contributed by atoms with Crippen molar-refractivity contribution in [3.8, 4) is 0 Å². The SMILES string of the molecule is CN(C)[C@H](CNC(=O)c1ccc2c(c1)CCC(=O)N2)c1c(F)cccc1Cl. The first-order valence-corrected chi connectivity index (χ1v) is 9.06. The van der Waals surface area contributed by atoms with Gasteiger partial charge in [0, 0.05) is 34.8 Å². The van der Waals surface area contributed by atoms with Gasteiger partial charge >= 0.3 is 0 Å². The predicted molar refractivity (Wildman–Crippen MR) is 104 cm³/mol. The maximum absolute atomic E-state index is 14.3. The van der Waals surface area contributed by atoms with E-state index in [2.05, 4.69) is 10.6 Å². The molecule has 0 saturated carbocycles. The predicted octanol–water partition coefficient (Wildman–Crippen LogP) is 3.40. The molecule has 0 aromatic heterocycles. The van der Waals surface area contributed by atoms with Gasteiger partial charge in [0.1, 0.15) is 5.82 Å². The molecule has 1 aliphatic heterocycles. The highest BCUT2D eigenvalue weighted by Gasteiger charge is 2.22. The van der Waals surface area contributed by atoms with Crippen molar-refractivity contribution in [2.75, 3.05) is 26.0 Å². The van der Waals surface area contributed by atoms with E-state index in [1.54, 1.807) is 44.4 Å². The van der Waals surface area contributed by atoms with E-state index in [9.17, 15) is 14.0 Å². The molecule has 7 heteroatoms. The van der Waals surface area contributed by atoms with Gasteiger partial charge in [0.05, 0.1) is 6.04 Å². The van der Waals surface area contributed by atoms with E-state index in [1.165, 1.54) is 6.07 Å². The Morgan fingerprint density at radius 2 is 2.07 bits per heavy atom. The fraction of sp³-hybridized carbons (Fsp3) is 0.300. The fourth-order valence-corrected chi connectivity index (χ4v) is 3.48. The van der Waals surface area contributed by atoms with E-state index in [1.807, 2.05) is 4.90 Å². The summed E-state index contributed by atoms with van der Waals surface area (Å²) in [6.07, 6.45) is 1.01. The van der Waals surface area contributed by atoms with Crippen LogP contribution in [-0.4, -0.2) is 37.4 Å². The third-order valence-electron chi connectivity index (χ3n) is 4.68. The lowest BCUT2D eigenvalue weighted by atomic mass is 10.00. The molecule has 0 radical (unpaired) electrons. The molecule has 2 aromatic carbocycles. The second-order valence-electron chi connectivity index (χ2n) is 6.74. The summed E-state index contributed by atoms with van der Waals surface area (Å²) in [4.78, 5) is 25.8. The average Bonchev–Trinajstić information content (AvgIpc) is 2.63. The average molecular weight is 390 g/mol. The van der Waals surface area contributed by atoms with E-state index in [4.69, 9.17) is 11.6 Å². The number of anilines is 1. The lowest BCUT2D eigenvalue weighted by Gasteiger charge is -2.26. The Morgan fingerprint density at radius 1 is 1.30 bits per heavy atom. The van der Waals surface area contributed by atoms with Crippen LogP contribution in [0.15, 0.2) is 36.4 Å². The number of amides is 2. The van der Waals surface area contributed by atoms with Crippen molar-refractivity contribution in [3.05, 3.63) is 63.9 Å². The number of rotatable bonds is 5. The van der Waals surface area contributed by atoms with Gasteiger partial charge in [0.25, 0.3) is 5.91 Å². The Kier molecular flexibility index (Phi) is 5.77. The minimum Gasteiger partial charge on any atom is -0.350 e. The number of hydrogen-bond donors (Lipinski definition) is 2. The first kappa shape index (κ1) is 19.3. The van der Waals surface area contributed by atoms with Crippen LogP contribution in [0.1, 0.15) is 33.9 Å². The Bertz CT molecular complexity index is 865. The van der Waals surface area contributed by atoms with Crippen LogP contribution in [0.5, 0.6) is 0 Å². The summed E-state index contributed by atoms with van der Waals surface area (Å²) in [6.45, 7) is 0.209. The molecule has 1 atom stereocenters. The van der Waals surface area contributed by atoms with Gasteiger partial charge in [0.2, 0.25) is 5.91 Å². The summed E-state index contributed by atoms with van der Waals surface area (Å²) >= 11 is 6.18. The molecule has 1 heterocycles. The van der Waals surface area contributed by atoms with Crippen molar-refractivity contribution in [1.29, 1.82) is 0 Å². The summed E-state index contributed by atoms with van der Waals surface area (Å²) < 4.78 is 14.3. The normalized spacial score (nSPS) is 14.5. The van der Waals surface area contributed by atoms with E-state index < -0.39 is 11.9 Å². The molecular formula is C20H21ClFN3O2. The molecule has 0 bridgehead atoms. The fourth-order valence-electron chi connectivity index (χ4n) is 3.19. The number of fused-ring (bicyclic) bond motifs is 1. The number of nitrogens with one attached hydrogen (secondary N) is 2. The minimum atomic E-state index is -0.403. The first-order chi connectivity index (χ1) is 12.9. The lowest BCUT2D eigenvalue weighted by Crippen LogP contribution is -2.35. The second kappa shape index (κ2) is 8.06. The van der Waals surface area contributed by atoms with Gasteiger partial charge < -0.3 is 15.5 Å². The molecule has 0 aliphatic carbocycles. The zero-order valence-corrected chi connectivity index (χ0v) is 15.9. The third kappa shape index (κ3) is 4.28. The highest BCUT2D eigenvalue weighted by atomic mass is 35.5. The van der Waals surface area contributed by atoms with E-state index in [0.717, 1.165) is 11.3 Å². The van der Waals surface area contributed by atoms with E-state index >= 15 is 0 Å². The molecule has 0 fully saturated rings. The van der Waals surface area contributed by atoms with Gasteiger partial charge in [-0.15, -0.1) is 0 Å². The molecule has 1 aliphatic rings. The van der Waals surface area contributed by atoms with Gasteiger partial charge in [-0.25, -0.2) is 4.39 Å². The molecule has 0 spiro atoms. The van der Waals surface area contributed by atoms with Gasteiger partial charge in [-0.3, -0.25) is 9.59 Å². The highest BCUT2D eigenvalue weighted by Crippen LogP contribution is 2.28. The molecule has 2 amide bonds. The first-order valence-electron chi connectivity index (χ1n) is 8.68. The Labute approximate surface area is 162 Å². The molecule has 2 aromatic rings. The summed E-state index contributed by atoms with van der Waals surface area (Å²) in [6, 6.07) is 9.33. The van der Waals surface area contributed by atoms with Gasteiger partial charge in [-0.2, -0.15) is 0 Å². The molecule has 3 rings (SSSR count). The van der Waals surface area contributed by atoms with Crippen LogP contribution in [0, 0.1) is 5.82 Å². The monoisotopic (exact) mass is 389 g/mol. The second-order valence-corrected chi connectivity index (χ2v) is 7.15. The third-order valence-corrected chi connectivity index (χ3v) is 5.00. The van der Waals surface area contributed by atoms with Crippen LogP contribution in [0.4, 0.5) is 10.1 Å². The van der Waals surface area contributed by atoms with Crippen LogP contribution >= 0.6 is 11.6 Å². The Morgan fingerprint density at radius 3 is 2.78 bits per heavy atom. The quantitative estimate of drug-likeness (QED) is 0.824. The Balaban J connectivity index is 1.74. The van der Waals surface area contributed by atoms with Crippen molar-refractivity contribution in [3.63, 3.8) is 0 Å². The largest absolute Gasteiger partial charge is 0.350 e. The number of hydrogen-bond acceptors (Lipinski definition) is 3. The molecule has 5 nitrogen and oxygen atoms in total. The number of halogens is 2. The number of aryl methyl sites for hydroxylation is 1. The van der Waals surface area contributed by atoms with Crippen molar-refractivity contribution >= 4 is 29.1 Å². The van der Waals surface area contributed by atoms with Crippen molar-refractivity contribution < 1.29 is 14.0 Å². The Hall–Kier alpha value is -2.44. The summed E-state index contributed by atoms with van der Waals surface area (Å²) in [7, 11) is 3.61. The summed E-state index contributed by atoms with van der Waals surface area (Å²) in [5, 5.41) is 5.97. The van der Waals surface area contributed by atoms with Crippen LogP contribution < -0.4 is 10.6 Å². The van der Waals surface area contributed by atoms with Crippen LogP contribution in [-0.2, 0) is 11.2 Å². The number of carbonyl (C=O) groups excluding carboxylic acids is 2. The van der Waals surface area contributed by atoms with Crippen LogP contribution in [0.3, 0.4) is 0 Å². The molecule has 142 valence electrons. The van der Waals surface area contributed by atoms with Gasteiger partial charge in [-0.1, -0.05) is 17.7 Å². The maximum atomic E-state index is 14.3. The number of benzene rings is 2. The van der Waals surface area contributed by atoms with Gasteiger partial charge in [-0.05, 0) is 56.4 Å². The molecule has 0 saturated heterocycles. The number of nitrogens with zero attached hydrogens (tertiary/aromatic N) is 1. The zero-order valence-electron chi connectivity index (χ0n) is 15.2. The molecule has 27 heavy (non-hydrogen) atoms. The molecule has 2 N–H and O–H groups in total. The highest BCUT2D eigenvalue weighted by molar-refractivity contribution is 6.31. The van der Waals surface area contributed by atoms with Crippen molar-refractivity contribution in [2.45, 2.75) is 18.9 Å².